The lowest BCUT2D eigenvalue weighted by Crippen LogP contribution is -2.29. The van der Waals surface area contributed by atoms with Gasteiger partial charge in [0, 0.05) is 69.3 Å². The normalized spacial score (nSPS) is 15.2. The van der Waals surface area contributed by atoms with Crippen LogP contribution >= 0.6 is 0 Å². The van der Waals surface area contributed by atoms with Crippen LogP contribution in [0.4, 0.5) is 0 Å². The Bertz CT molecular complexity index is 1250. The van der Waals surface area contributed by atoms with E-state index in [4.69, 9.17) is 14.5 Å². The van der Waals surface area contributed by atoms with Gasteiger partial charge in [-0.3, -0.25) is 9.59 Å². The van der Waals surface area contributed by atoms with Gasteiger partial charge in [-0.05, 0) is 55.9 Å². The number of hydrogen-bond donors (Lipinski definition) is 2. The molecule has 0 spiro atoms. The third-order valence-corrected chi connectivity index (χ3v) is 6.98. The molecule has 0 radical (unpaired) electrons. The number of aromatic nitrogens is 1. The minimum atomic E-state index is 0.0305. The van der Waals surface area contributed by atoms with E-state index in [1.54, 1.807) is 7.11 Å². The van der Waals surface area contributed by atoms with Crippen LogP contribution < -0.4 is 15.4 Å². The zero-order chi connectivity index (χ0) is 29.1. The van der Waals surface area contributed by atoms with Gasteiger partial charge in [0.1, 0.15) is 18.6 Å². The summed E-state index contributed by atoms with van der Waals surface area (Å²) in [7, 11) is 7.74. The fourth-order valence-corrected chi connectivity index (χ4v) is 5.00. The number of nitrogens with one attached hydrogen (secondary N) is 2. The molecular weight excluding hydrogens is 506 g/mol. The van der Waals surface area contributed by atoms with Crippen LogP contribution in [0.2, 0.25) is 0 Å². The monoisotopic (exact) mass is 549 g/mol. The van der Waals surface area contributed by atoms with Gasteiger partial charge >= 0.3 is 0 Å². The summed E-state index contributed by atoms with van der Waals surface area (Å²) < 4.78 is 11.5. The quantitative estimate of drug-likeness (QED) is 0.135. The molecule has 1 aromatic heterocycles. The summed E-state index contributed by atoms with van der Waals surface area (Å²) in [6.45, 7) is 10.2. The molecule has 9 nitrogen and oxygen atoms in total. The first kappa shape index (κ1) is 31.0. The molecule has 1 aromatic carbocycles. The van der Waals surface area contributed by atoms with Crippen LogP contribution in [0, 0.1) is 5.92 Å². The number of carbonyl (C=O) groups excluding carboxylic acids is 2. The molecule has 2 N–H and O–H groups in total. The summed E-state index contributed by atoms with van der Waals surface area (Å²) in [6, 6.07) is 6.24. The highest BCUT2D eigenvalue weighted by molar-refractivity contribution is 5.89. The molecule has 0 aliphatic carbocycles. The second-order valence-corrected chi connectivity index (χ2v) is 10.2. The second kappa shape index (κ2) is 15.3. The highest BCUT2D eigenvalue weighted by Gasteiger charge is 2.26. The van der Waals surface area contributed by atoms with Crippen molar-refractivity contribution in [3.63, 3.8) is 0 Å². The molecule has 2 aromatic rings. The lowest BCUT2D eigenvalue weighted by molar-refractivity contribution is -0.109. The number of rotatable bonds is 17. The molecule has 0 fully saturated rings. The molecule has 40 heavy (non-hydrogen) atoms. The topological polar surface area (TPSA) is 96.0 Å². The van der Waals surface area contributed by atoms with Crippen molar-refractivity contribution < 1.29 is 19.1 Å². The molecule has 0 bridgehead atoms. The van der Waals surface area contributed by atoms with Crippen LogP contribution in [0.5, 0.6) is 5.75 Å². The number of aldehydes is 1. The average molecular weight is 550 g/mol. The van der Waals surface area contributed by atoms with E-state index in [-0.39, 0.29) is 12.5 Å². The maximum atomic E-state index is 12.0. The highest BCUT2D eigenvalue weighted by Crippen LogP contribution is 2.37. The SMILES string of the molecule is C=CC(CC)C(/C=C1/c2nc3ccc(OCCNCCNC=O)c(CN(C)C)c3cc2CN1C)=C(/C=O)COC. The van der Waals surface area contributed by atoms with E-state index in [1.807, 2.05) is 32.3 Å². The number of amides is 1. The predicted molar refractivity (Wildman–Crippen MR) is 160 cm³/mol. The number of methoxy groups -OCH3 is 1. The number of ether oxygens (including phenoxy) is 2. The van der Waals surface area contributed by atoms with Gasteiger partial charge in [-0.25, -0.2) is 4.98 Å². The predicted octanol–water partition coefficient (Wildman–Crippen LogP) is 3.15. The summed E-state index contributed by atoms with van der Waals surface area (Å²) in [5, 5.41) is 6.97. The lowest BCUT2D eigenvalue weighted by Gasteiger charge is -2.19. The Morgan fingerprint density at radius 3 is 2.70 bits per heavy atom. The molecular formula is C31H43N5O4. The van der Waals surface area contributed by atoms with Crippen LogP contribution in [-0.4, -0.2) is 88.6 Å². The molecule has 1 aliphatic heterocycles. The van der Waals surface area contributed by atoms with Gasteiger partial charge in [-0.1, -0.05) is 13.0 Å². The summed E-state index contributed by atoms with van der Waals surface area (Å²) >= 11 is 0. The number of fused-ring (bicyclic) bond motifs is 2. The largest absolute Gasteiger partial charge is 0.492 e. The Hall–Kier alpha value is -3.53. The van der Waals surface area contributed by atoms with Crippen molar-refractivity contribution in [3.05, 3.63) is 64.9 Å². The number of pyridine rings is 1. The fourth-order valence-electron chi connectivity index (χ4n) is 5.00. The number of benzene rings is 1. The van der Waals surface area contributed by atoms with E-state index in [2.05, 4.69) is 53.1 Å². The van der Waals surface area contributed by atoms with E-state index in [0.29, 0.717) is 51.3 Å². The number of nitrogens with zero attached hydrogens (tertiary/aromatic N) is 3. The number of carbonyl (C=O) groups is 2. The van der Waals surface area contributed by atoms with Crippen LogP contribution in [0.25, 0.3) is 16.6 Å². The van der Waals surface area contributed by atoms with Crippen molar-refractivity contribution in [1.29, 1.82) is 0 Å². The van der Waals surface area contributed by atoms with E-state index < -0.39 is 0 Å². The van der Waals surface area contributed by atoms with Crippen LogP contribution in [-0.2, 0) is 27.4 Å². The molecule has 0 saturated heterocycles. The number of hydrogen-bond acceptors (Lipinski definition) is 8. The van der Waals surface area contributed by atoms with Crippen molar-refractivity contribution in [2.75, 3.05) is 61.1 Å². The second-order valence-electron chi connectivity index (χ2n) is 10.2. The van der Waals surface area contributed by atoms with Gasteiger partial charge in [0.05, 0.1) is 23.5 Å². The molecule has 1 unspecified atom stereocenters. The summed E-state index contributed by atoms with van der Waals surface area (Å²) in [5.41, 5.74) is 6.57. The first-order valence-corrected chi connectivity index (χ1v) is 13.7. The summed E-state index contributed by atoms with van der Waals surface area (Å²) in [5.74, 6) is 0.873. The van der Waals surface area contributed by atoms with Crippen molar-refractivity contribution in [2.45, 2.75) is 26.4 Å². The smallest absolute Gasteiger partial charge is 0.207 e. The Morgan fingerprint density at radius 2 is 2.05 bits per heavy atom. The molecule has 9 heteroatoms. The fraction of sp³-hybridized carbons (Fsp3) is 0.452. The van der Waals surface area contributed by atoms with Gasteiger partial charge in [0.15, 0.2) is 0 Å². The van der Waals surface area contributed by atoms with E-state index in [9.17, 15) is 9.59 Å². The van der Waals surface area contributed by atoms with Crippen LogP contribution in [0.1, 0.15) is 30.2 Å². The third-order valence-electron chi connectivity index (χ3n) is 6.98. The van der Waals surface area contributed by atoms with Crippen molar-refractivity contribution in [2.24, 2.45) is 5.92 Å². The molecule has 1 aliphatic rings. The molecule has 216 valence electrons. The zero-order valence-electron chi connectivity index (χ0n) is 24.5. The number of allylic oxidation sites excluding steroid dienone is 3. The molecule has 3 rings (SSSR count). The van der Waals surface area contributed by atoms with E-state index in [1.165, 1.54) is 0 Å². The molecule has 0 saturated carbocycles. The molecule has 1 amide bonds. The third kappa shape index (κ3) is 7.56. The van der Waals surface area contributed by atoms with Crippen molar-refractivity contribution in [3.8, 4) is 5.75 Å². The molecule has 1 atom stereocenters. The highest BCUT2D eigenvalue weighted by atomic mass is 16.5. The first-order valence-electron chi connectivity index (χ1n) is 13.7. The summed E-state index contributed by atoms with van der Waals surface area (Å²) in [6.07, 6.45) is 6.39. The molecule has 2 heterocycles. The standard InChI is InChI=1S/C31H43N5O4/c1-7-22(8-2)25(24(19-37)20-39-6)16-29-31-23(17-36(29)5)15-26-27(18-35(3)4)30(10-9-28(26)34-31)40-14-13-32-11-12-33-21-38/h7,9-10,15-16,19,21-22,32H,1,8,11-14,17-18,20H2,2-6H3,(H,33,38)/b25-24-,29-16-. The van der Waals surface area contributed by atoms with Crippen molar-refractivity contribution in [1.82, 2.24) is 25.4 Å². The van der Waals surface area contributed by atoms with E-state index in [0.717, 1.165) is 57.5 Å². The van der Waals surface area contributed by atoms with Crippen LogP contribution in [0.15, 0.2) is 48.1 Å². The summed E-state index contributed by atoms with van der Waals surface area (Å²) in [4.78, 5) is 31.8. The average Bonchev–Trinajstić information content (AvgIpc) is 3.24. The minimum absolute atomic E-state index is 0.0305. The van der Waals surface area contributed by atoms with Gasteiger partial charge in [-0.15, -0.1) is 6.58 Å². The van der Waals surface area contributed by atoms with Gasteiger partial charge in [0.2, 0.25) is 6.41 Å². The van der Waals surface area contributed by atoms with Gasteiger partial charge in [-0.2, -0.15) is 0 Å². The first-order chi connectivity index (χ1) is 19.4. The maximum Gasteiger partial charge on any atom is 0.207 e. The van der Waals surface area contributed by atoms with E-state index >= 15 is 0 Å². The minimum Gasteiger partial charge on any atom is -0.492 e. The van der Waals surface area contributed by atoms with Crippen molar-refractivity contribution >= 4 is 29.3 Å². The Morgan fingerprint density at radius 1 is 1.25 bits per heavy atom. The Kier molecular flexibility index (Phi) is 11.9. The lowest BCUT2D eigenvalue weighted by atomic mass is 9.91. The van der Waals surface area contributed by atoms with Crippen LogP contribution in [0.3, 0.4) is 0 Å². The van der Waals surface area contributed by atoms with Gasteiger partial charge in [0.25, 0.3) is 0 Å². The zero-order valence-corrected chi connectivity index (χ0v) is 24.5. The van der Waals surface area contributed by atoms with Gasteiger partial charge < -0.3 is 29.9 Å². The Balaban J connectivity index is 2.01. The Labute approximate surface area is 237 Å². The maximum absolute atomic E-state index is 12.0.